The molecule has 1 aromatic rings. The van der Waals surface area contributed by atoms with Gasteiger partial charge in [-0.1, -0.05) is 6.92 Å². The van der Waals surface area contributed by atoms with Crippen molar-refractivity contribution in [1.29, 1.82) is 0 Å². The maximum atomic E-state index is 12.4. The highest BCUT2D eigenvalue weighted by molar-refractivity contribution is 5.98. The molecule has 2 heterocycles. The third kappa shape index (κ3) is 2.40. The molecule has 1 saturated heterocycles. The first kappa shape index (κ1) is 11.9. The van der Waals surface area contributed by atoms with Gasteiger partial charge >= 0.3 is 0 Å². The van der Waals surface area contributed by atoms with Crippen LogP contribution in [0.25, 0.3) is 0 Å². The molecule has 0 radical (unpaired) electrons. The number of pyridine rings is 1. The summed E-state index contributed by atoms with van der Waals surface area (Å²) in [5.74, 6) is 0.572. The van der Waals surface area contributed by atoms with Gasteiger partial charge < -0.3 is 10.6 Å². The number of nitrogens with two attached hydrogens (primary N) is 1. The van der Waals surface area contributed by atoms with Crippen LogP contribution in [0.5, 0.6) is 0 Å². The lowest BCUT2D eigenvalue weighted by Gasteiger charge is -2.37. The molecule has 0 aromatic carbocycles. The molecule has 0 spiro atoms. The average molecular weight is 233 g/mol. The molecule has 92 valence electrons. The van der Waals surface area contributed by atoms with Crippen LogP contribution < -0.4 is 5.73 Å². The number of nitrogen functional groups attached to an aromatic ring is 1. The Morgan fingerprint density at radius 1 is 1.47 bits per heavy atom. The number of aromatic nitrogens is 1. The van der Waals surface area contributed by atoms with Crippen molar-refractivity contribution in [2.24, 2.45) is 5.92 Å². The number of piperidine rings is 1. The van der Waals surface area contributed by atoms with Gasteiger partial charge in [-0.25, -0.2) is 0 Å². The second-order valence-corrected chi connectivity index (χ2v) is 4.95. The third-order valence-electron chi connectivity index (χ3n) is 3.46. The van der Waals surface area contributed by atoms with E-state index >= 15 is 0 Å². The van der Waals surface area contributed by atoms with Crippen molar-refractivity contribution in [3.05, 3.63) is 24.0 Å². The molecule has 1 fully saturated rings. The smallest absolute Gasteiger partial charge is 0.257 e. The molecule has 2 rings (SSSR count). The van der Waals surface area contributed by atoms with E-state index in [4.69, 9.17) is 5.73 Å². The zero-order chi connectivity index (χ0) is 12.4. The quantitative estimate of drug-likeness (QED) is 0.806. The molecule has 2 unspecified atom stereocenters. The first-order valence-corrected chi connectivity index (χ1v) is 6.10. The van der Waals surface area contributed by atoms with E-state index in [1.807, 2.05) is 4.90 Å². The second kappa shape index (κ2) is 4.73. The van der Waals surface area contributed by atoms with Gasteiger partial charge in [0.2, 0.25) is 0 Å². The number of anilines is 1. The van der Waals surface area contributed by atoms with Gasteiger partial charge in [0.25, 0.3) is 5.91 Å². The summed E-state index contributed by atoms with van der Waals surface area (Å²) < 4.78 is 0. The molecular weight excluding hydrogens is 214 g/mol. The molecule has 0 saturated carbocycles. The van der Waals surface area contributed by atoms with Gasteiger partial charge in [0.05, 0.1) is 5.56 Å². The Bertz CT molecular complexity index is 419. The molecule has 1 aliphatic heterocycles. The summed E-state index contributed by atoms with van der Waals surface area (Å²) in [7, 11) is 0. The van der Waals surface area contributed by atoms with E-state index in [1.54, 1.807) is 18.5 Å². The Hall–Kier alpha value is -1.58. The highest BCUT2D eigenvalue weighted by Gasteiger charge is 2.28. The Balaban J connectivity index is 2.22. The van der Waals surface area contributed by atoms with Gasteiger partial charge in [0.15, 0.2) is 0 Å². The lowest BCUT2D eigenvalue weighted by Crippen LogP contribution is -2.45. The minimum absolute atomic E-state index is 0.00894. The first-order chi connectivity index (χ1) is 8.09. The fourth-order valence-corrected chi connectivity index (χ4v) is 2.31. The number of carbonyl (C=O) groups excluding carboxylic acids is 1. The molecule has 1 amide bonds. The lowest BCUT2D eigenvalue weighted by atomic mass is 9.94. The first-order valence-electron chi connectivity index (χ1n) is 6.10. The average Bonchev–Trinajstić information content (AvgIpc) is 2.32. The fraction of sp³-hybridized carbons (Fsp3) is 0.538. The van der Waals surface area contributed by atoms with Crippen molar-refractivity contribution >= 4 is 11.6 Å². The summed E-state index contributed by atoms with van der Waals surface area (Å²) in [5.41, 5.74) is 6.85. The van der Waals surface area contributed by atoms with Crippen LogP contribution in [0.3, 0.4) is 0 Å². The highest BCUT2D eigenvalue weighted by atomic mass is 16.2. The Kier molecular flexibility index (Phi) is 3.31. The van der Waals surface area contributed by atoms with Crippen molar-refractivity contribution in [3.63, 3.8) is 0 Å². The number of hydrogen-bond donors (Lipinski definition) is 1. The molecule has 2 N–H and O–H groups in total. The maximum Gasteiger partial charge on any atom is 0.257 e. The Morgan fingerprint density at radius 2 is 2.24 bits per heavy atom. The van der Waals surface area contributed by atoms with E-state index in [2.05, 4.69) is 18.8 Å². The minimum atomic E-state index is 0.00894. The van der Waals surface area contributed by atoms with E-state index < -0.39 is 0 Å². The van der Waals surface area contributed by atoms with Crippen molar-refractivity contribution < 1.29 is 4.79 Å². The molecule has 1 aliphatic rings. The molecule has 17 heavy (non-hydrogen) atoms. The molecule has 0 aliphatic carbocycles. The van der Waals surface area contributed by atoms with Crippen molar-refractivity contribution in [3.8, 4) is 0 Å². The van der Waals surface area contributed by atoms with E-state index in [0.29, 0.717) is 23.2 Å². The van der Waals surface area contributed by atoms with Crippen LogP contribution in [0.15, 0.2) is 18.5 Å². The summed E-state index contributed by atoms with van der Waals surface area (Å²) in [5, 5.41) is 0. The van der Waals surface area contributed by atoms with Crippen LogP contribution in [-0.4, -0.2) is 28.4 Å². The SMILES string of the molecule is CC1CCC(C)N(C(=O)c2cnccc2N)C1. The number of rotatable bonds is 1. The predicted molar refractivity (Wildman–Crippen MR) is 67.5 cm³/mol. The van der Waals surface area contributed by atoms with Crippen LogP contribution in [0.1, 0.15) is 37.0 Å². The van der Waals surface area contributed by atoms with Gasteiger partial charge in [-0.15, -0.1) is 0 Å². The van der Waals surface area contributed by atoms with Crippen LogP contribution in [0, 0.1) is 5.92 Å². The monoisotopic (exact) mass is 233 g/mol. The number of nitrogens with zero attached hydrogens (tertiary/aromatic N) is 2. The van der Waals surface area contributed by atoms with Crippen molar-refractivity contribution in [2.45, 2.75) is 32.7 Å². The van der Waals surface area contributed by atoms with Crippen LogP contribution in [0.2, 0.25) is 0 Å². The summed E-state index contributed by atoms with van der Waals surface area (Å²) >= 11 is 0. The molecule has 1 aromatic heterocycles. The summed E-state index contributed by atoms with van der Waals surface area (Å²) in [6.45, 7) is 5.09. The largest absolute Gasteiger partial charge is 0.398 e. The summed E-state index contributed by atoms with van der Waals surface area (Å²) in [6, 6.07) is 1.96. The number of carbonyl (C=O) groups is 1. The van der Waals surface area contributed by atoms with E-state index in [1.165, 1.54) is 6.42 Å². The lowest BCUT2D eigenvalue weighted by molar-refractivity contribution is 0.0574. The van der Waals surface area contributed by atoms with E-state index in [9.17, 15) is 4.79 Å². The van der Waals surface area contributed by atoms with Gasteiger partial charge in [0, 0.05) is 30.7 Å². The fourth-order valence-electron chi connectivity index (χ4n) is 2.31. The van der Waals surface area contributed by atoms with E-state index in [0.717, 1.165) is 13.0 Å². The van der Waals surface area contributed by atoms with E-state index in [-0.39, 0.29) is 5.91 Å². The molecular formula is C13H19N3O. The number of hydrogen-bond acceptors (Lipinski definition) is 3. The molecule has 4 nitrogen and oxygen atoms in total. The normalized spacial score (nSPS) is 24.7. The molecule has 2 atom stereocenters. The topological polar surface area (TPSA) is 59.2 Å². The zero-order valence-corrected chi connectivity index (χ0v) is 10.4. The molecule has 4 heteroatoms. The molecule has 0 bridgehead atoms. The minimum Gasteiger partial charge on any atom is -0.398 e. The Morgan fingerprint density at radius 3 is 2.94 bits per heavy atom. The Labute approximate surface area is 102 Å². The van der Waals surface area contributed by atoms with Crippen LogP contribution in [0.4, 0.5) is 5.69 Å². The van der Waals surface area contributed by atoms with Gasteiger partial charge in [0.1, 0.15) is 0 Å². The standard InChI is InChI=1S/C13H19N3O/c1-9-3-4-10(2)16(8-9)13(17)11-7-15-6-5-12(11)14/h5-7,9-10H,3-4,8H2,1-2H3,(H2,14,15). The summed E-state index contributed by atoms with van der Waals surface area (Å²) in [4.78, 5) is 18.3. The van der Waals surface area contributed by atoms with Crippen molar-refractivity contribution in [1.82, 2.24) is 9.88 Å². The van der Waals surface area contributed by atoms with Crippen molar-refractivity contribution in [2.75, 3.05) is 12.3 Å². The third-order valence-corrected chi connectivity index (χ3v) is 3.46. The van der Waals surface area contributed by atoms with Crippen LogP contribution in [-0.2, 0) is 0 Å². The van der Waals surface area contributed by atoms with Crippen LogP contribution >= 0.6 is 0 Å². The van der Waals surface area contributed by atoms with Gasteiger partial charge in [-0.05, 0) is 31.7 Å². The number of amides is 1. The zero-order valence-electron chi connectivity index (χ0n) is 10.4. The van der Waals surface area contributed by atoms with Gasteiger partial charge in [-0.2, -0.15) is 0 Å². The second-order valence-electron chi connectivity index (χ2n) is 4.95. The predicted octanol–water partition coefficient (Wildman–Crippen LogP) is 1.92. The maximum absolute atomic E-state index is 12.4. The highest BCUT2D eigenvalue weighted by Crippen LogP contribution is 2.24. The summed E-state index contributed by atoms with van der Waals surface area (Å²) in [6.07, 6.45) is 5.42. The van der Waals surface area contributed by atoms with Gasteiger partial charge in [-0.3, -0.25) is 9.78 Å². The number of likely N-dealkylation sites (tertiary alicyclic amines) is 1.